The molecule has 0 heterocycles. The van der Waals surface area contributed by atoms with Crippen LogP contribution in [-0.4, -0.2) is 17.7 Å². The first-order chi connectivity index (χ1) is 11.0. The number of benzene rings is 2. The van der Waals surface area contributed by atoms with Crippen LogP contribution in [0.5, 0.6) is 0 Å². The van der Waals surface area contributed by atoms with Gasteiger partial charge in [0.15, 0.2) is 5.78 Å². The standard InChI is InChI=1S/C17H17N3O3/c1-11(16(22)23-20-17(18)19)13-8-5-9-14(10-13)15(21)12-6-3-2-4-7-12/h2-11H,1H3,(H4,18,19,20). The first-order valence-electron chi connectivity index (χ1n) is 6.99. The van der Waals surface area contributed by atoms with Crippen LogP contribution in [0.4, 0.5) is 0 Å². The Hall–Kier alpha value is -3.15. The van der Waals surface area contributed by atoms with E-state index in [1.165, 1.54) is 0 Å². The van der Waals surface area contributed by atoms with Gasteiger partial charge < -0.3 is 10.6 Å². The highest BCUT2D eigenvalue weighted by atomic mass is 16.7. The van der Waals surface area contributed by atoms with E-state index in [1.807, 2.05) is 11.5 Å². The SMILES string of the molecule is CC(C(=O)ONC(=N)N)c1cccc(C(=O)c2ccccc2)c1. The van der Waals surface area contributed by atoms with Crippen molar-refractivity contribution in [1.82, 2.24) is 5.48 Å². The maximum absolute atomic E-state index is 12.4. The van der Waals surface area contributed by atoms with Crippen LogP contribution in [0.1, 0.15) is 34.3 Å². The summed E-state index contributed by atoms with van der Waals surface area (Å²) in [7, 11) is 0. The van der Waals surface area contributed by atoms with Crippen LogP contribution in [0.2, 0.25) is 0 Å². The average Bonchev–Trinajstić information content (AvgIpc) is 2.59. The summed E-state index contributed by atoms with van der Waals surface area (Å²) in [5, 5.41) is 6.96. The molecule has 0 aromatic heterocycles. The molecule has 2 aromatic rings. The van der Waals surface area contributed by atoms with Gasteiger partial charge in [-0.1, -0.05) is 48.5 Å². The second-order valence-corrected chi connectivity index (χ2v) is 4.98. The van der Waals surface area contributed by atoms with Gasteiger partial charge in [0.1, 0.15) is 0 Å². The minimum Gasteiger partial charge on any atom is -0.368 e. The van der Waals surface area contributed by atoms with Crippen molar-refractivity contribution in [2.45, 2.75) is 12.8 Å². The summed E-state index contributed by atoms with van der Waals surface area (Å²) in [6, 6.07) is 15.7. The van der Waals surface area contributed by atoms with E-state index in [0.29, 0.717) is 16.7 Å². The molecule has 2 rings (SSSR count). The minimum atomic E-state index is -0.606. The molecule has 0 aliphatic carbocycles. The van der Waals surface area contributed by atoms with Gasteiger partial charge in [-0.25, -0.2) is 4.79 Å². The Morgan fingerprint density at radius 3 is 2.39 bits per heavy atom. The molecule has 0 aliphatic heterocycles. The van der Waals surface area contributed by atoms with E-state index in [1.54, 1.807) is 55.5 Å². The zero-order valence-corrected chi connectivity index (χ0v) is 12.6. The van der Waals surface area contributed by atoms with Crippen molar-refractivity contribution >= 4 is 17.7 Å². The number of hydroxylamine groups is 1. The largest absolute Gasteiger partial charge is 0.368 e. The van der Waals surface area contributed by atoms with Crippen LogP contribution in [0.25, 0.3) is 0 Å². The van der Waals surface area contributed by atoms with E-state index in [0.717, 1.165) is 0 Å². The number of rotatable bonds is 4. The lowest BCUT2D eigenvalue weighted by molar-refractivity contribution is -0.149. The number of nitrogens with two attached hydrogens (primary N) is 1. The topological polar surface area (TPSA) is 105 Å². The number of ketones is 1. The third-order valence-electron chi connectivity index (χ3n) is 3.30. The molecule has 4 N–H and O–H groups in total. The predicted octanol–water partition coefficient (Wildman–Crippen LogP) is 1.96. The lowest BCUT2D eigenvalue weighted by Gasteiger charge is -2.12. The Bertz CT molecular complexity index is 729. The van der Waals surface area contributed by atoms with Gasteiger partial charge in [-0.05, 0) is 18.6 Å². The minimum absolute atomic E-state index is 0.116. The summed E-state index contributed by atoms with van der Waals surface area (Å²) in [6.07, 6.45) is 0. The van der Waals surface area contributed by atoms with Gasteiger partial charge in [0.2, 0.25) is 5.96 Å². The highest BCUT2D eigenvalue weighted by molar-refractivity contribution is 6.09. The monoisotopic (exact) mass is 311 g/mol. The Morgan fingerprint density at radius 2 is 1.74 bits per heavy atom. The van der Waals surface area contributed by atoms with E-state index in [2.05, 4.69) is 4.84 Å². The molecule has 0 fully saturated rings. The molecule has 1 unspecified atom stereocenters. The van der Waals surface area contributed by atoms with Crippen molar-refractivity contribution in [3.8, 4) is 0 Å². The van der Waals surface area contributed by atoms with Gasteiger partial charge in [0.25, 0.3) is 0 Å². The van der Waals surface area contributed by atoms with Crippen molar-refractivity contribution in [2.75, 3.05) is 0 Å². The quantitative estimate of drug-likeness (QED) is 0.346. The van der Waals surface area contributed by atoms with Crippen LogP contribution in [0.15, 0.2) is 54.6 Å². The van der Waals surface area contributed by atoms with E-state index in [4.69, 9.17) is 11.1 Å². The highest BCUT2D eigenvalue weighted by Gasteiger charge is 2.19. The van der Waals surface area contributed by atoms with Crippen molar-refractivity contribution in [1.29, 1.82) is 5.41 Å². The second kappa shape index (κ2) is 7.22. The van der Waals surface area contributed by atoms with Gasteiger partial charge in [0.05, 0.1) is 5.92 Å². The summed E-state index contributed by atoms with van der Waals surface area (Å²) in [6.45, 7) is 1.65. The average molecular weight is 311 g/mol. The zero-order valence-electron chi connectivity index (χ0n) is 12.6. The molecule has 1 atom stereocenters. The van der Waals surface area contributed by atoms with E-state index >= 15 is 0 Å². The number of hydrogen-bond donors (Lipinski definition) is 3. The molecule has 23 heavy (non-hydrogen) atoms. The van der Waals surface area contributed by atoms with Gasteiger partial charge in [0, 0.05) is 11.1 Å². The third-order valence-corrected chi connectivity index (χ3v) is 3.30. The lowest BCUT2D eigenvalue weighted by atomic mass is 9.96. The number of carbonyl (C=O) groups is 2. The smallest absolute Gasteiger partial charge is 0.339 e. The van der Waals surface area contributed by atoms with Gasteiger partial charge in [-0.15, -0.1) is 0 Å². The summed E-state index contributed by atoms with van der Waals surface area (Å²) >= 11 is 0. The van der Waals surface area contributed by atoms with Gasteiger partial charge >= 0.3 is 5.97 Å². The van der Waals surface area contributed by atoms with E-state index < -0.39 is 17.8 Å². The fourth-order valence-corrected chi connectivity index (χ4v) is 2.04. The molecule has 0 aliphatic rings. The van der Waals surface area contributed by atoms with Crippen molar-refractivity contribution < 1.29 is 14.4 Å². The predicted molar refractivity (Wildman–Crippen MR) is 85.9 cm³/mol. The van der Waals surface area contributed by atoms with Crippen LogP contribution < -0.4 is 11.2 Å². The fourth-order valence-electron chi connectivity index (χ4n) is 2.04. The summed E-state index contributed by atoms with van der Waals surface area (Å²) in [5.74, 6) is -1.77. The van der Waals surface area contributed by atoms with Crippen molar-refractivity contribution in [2.24, 2.45) is 5.73 Å². The Morgan fingerprint density at radius 1 is 1.09 bits per heavy atom. The lowest BCUT2D eigenvalue weighted by Crippen LogP contribution is -2.33. The summed E-state index contributed by atoms with van der Waals surface area (Å²) < 4.78 is 0. The Balaban J connectivity index is 2.18. The van der Waals surface area contributed by atoms with Gasteiger partial charge in [-0.3, -0.25) is 10.2 Å². The molecule has 0 amide bonds. The summed E-state index contributed by atoms with van der Waals surface area (Å²) in [4.78, 5) is 29.0. The molecule has 6 heteroatoms. The second-order valence-electron chi connectivity index (χ2n) is 4.98. The molecule has 2 aromatic carbocycles. The zero-order chi connectivity index (χ0) is 16.8. The number of guanidine groups is 1. The Kier molecular flexibility index (Phi) is 5.09. The van der Waals surface area contributed by atoms with Crippen molar-refractivity contribution in [3.63, 3.8) is 0 Å². The van der Waals surface area contributed by atoms with Crippen LogP contribution in [0, 0.1) is 5.41 Å². The molecule has 118 valence electrons. The normalized spacial score (nSPS) is 11.3. The molecular formula is C17H17N3O3. The van der Waals surface area contributed by atoms with Crippen LogP contribution in [0.3, 0.4) is 0 Å². The Labute approximate surface area is 133 Å². The van der Waals surface area contributed by atoms with Crippen molar-refractivity contribution in [3.05, 3.63) is 71.3 Å². The fraction of sp³-hybridized carbons (Fsp3) is 0.118. The molecule has 0 saturated carbocycles. The number of hydrogen-bond acceptors (Lipinski definition) is 4. The molecule has 6 nitrogen and oxygen atoms in total. The van der Waals surface area contributed by atoms with Gasteiger partial charge in [-0.2, -0.15) is 5.48 Å². The van der Waals surface area contributed by atoms with Crippen LogP contribution >= 0.6 is 0 Å². The first kappa shape index (κ1) is 16.2. The highest BCUT2D eigenvalue weighted by Crippen LogP contribution is 2.19. The molecule has 0 radical (unpaired) electrons. The number of carbonyl (C=O) groups excluding carboxylic acids is 2. The van der Waals surface area contributed by atoms with E-state index in [9.17, 15) is 9.59 Å². The molecule has 0 saturated heterocycles. The van der Waals surface area contributed by atoms with Crippen LogP contribution in [-0.2, 0) is 9.63 Å². The molecular weight excluding hydrogens is 294 g/mol. The summed E-state index contributed by atoms with van der Waals surface area (Å²) in [5.41, 5.74) is 8.78. The third kappa shape index (κ3) is 4.16. The van der Waals surface area contributed by atoms with E-state index in [-0.39, 0.29) is 5.78 Å². The molecule has 0 spiro atoms. The maximum Gasteiger partial charge on any atom is 0.339 e. The first-order valence-corrected chi connectivity index (χ1v) is 6.99. The maximum atomic E-state index is 12.4. The number of nitrogens with one attached hydrogen (secondary N) is 2. The molecule has 0 bridgehead atoms.